The number of nitrogens with one attached hydrogen (secondary N) is 3. The lowest BCUT2D eigenvalue weighted by molar-refractivity contribution is -0.384. The van der Waals surface area contributed by atoms with E-state index in [0.29, 0.717) is 23.5 Å². The highest BCUT2D eigenvalue weighted by molar-refractivity contribution is 7.89. The maximum Gasteiger partial charge on any atom is 0.321 e. The van der Waals surface area contributed by atoms with Crippen LogP contribution < -0.4 is 15.4 Å². The van der Waals surface area contributed by atoms with Gasteiger partial charge in [-0.15, -0.1) is 0 Å². The number of ether oxygens (including phenoxy) is 1. The molecule has 204 valence electrons. The molecule has 4 saturated carbocycles. The van der Waals surface area contributed by atoms with Crippen LogP contribution in [0, 0.1) is 27.9 Å². The van der Waals surface area contributed by atoms with Crippen molar-refractivity contribution in [3.8, 4) is 0 Å². The normalized spacial score (nSPS) is 25.6. The fraction of sp³-hybridized carbons (Fsp3) is 0.520. The molecule has 4 aliphatic rings. The van der Waals surface area contributed by atoms with Crippen LogP contribution >= 0.6 is 0 Å². The van der Waals surface area contributed by atoms with Crippen molar-refractivity contribution in [2.24, 2.45) is 17.8 Å². The first kappa shape index (κ1) is 26.2. The number of furan rings is 1. The third-order valence-corrected chi connectivity index (χ3v) is 9.12. The Hall–Kier alpha value is -3.45. The van der Waals surface area contributed by atoms with Gasteiger partial charge in [-0.1, -0.05) is 0 Å². The average Bonchev–Trinajstić information content (AvgIpc) is 3.37. The molecule has 12 nitrogen and oxygen atoms in total. The van der Waals surface area contributed by atoms with Crippen LogP contribution in [0.25, 0.3) is 0 Å². The molecule has 1 heterocycles. The third kappa shape index (κ3) is 5.83. The summed E-state index contributed by atoms with van der Waals surface area (Å²) in [4.78, 5) is 35.1. The van der Waals surface area contributed by atoms with Gasteiger partial charge in [-0.25, -0.2) is 8.42 Å². The van der Waals surface area contributed by atoms with E-state index in [1.54, 1.807) is 12.1 Å². The van der Waals surface area contributed by atoms with Crippen LogP contribution in [0.15, 0.2) is 45.9 Å². The van der Waals surface area contributed by atoms with Crippen molar-refractivity contribution in [1.82, 2.24) is 10.0 Å². The van der Waals surface area contributed by atoms with Gasteiger partial charge >= 0.3 is 5.97 Å². The maximum absolute atomic E-state index is 12.7. The number of nitro benzene ring substituents is 1. The highest BCUT2D eigenvalue weighted by atomic mass is 32.2. The molecule has 0 atom stereocenters. The molecule has 3 N–H and O–H groups in total. The van der Waals surface area contributed by atoms with Crippen molar-refractivity contribution in [2.45, 2.75) is 55.5 Å². The Bertz CT molecular complexity index is 1290. The summed E-state index contributed by atoms with van der Waals surface area (Å²) in [6.07, 6.45) is 8.05. The Morgan fingerprint density at radius 1 is 1.11 bits per heavy atom. The van der Waals surface area contributed by atoms with E-state index in [9.17, 15) is 28.1 Å². The maximum atomic E-state index is 12.7. The van der Waals surface area contributed by atoms with Crippen LogP contribution in [0.5, 0.6) is 0 Å². The predicted octanol–water partition coefficient (Wildman–Crippen LogP) is 2.71. The molecular weight excluding hydrogens is 516 g/mol. The number of hydrogen-bond donors (Lipinski definition) is 3. The number of carbonyl (C=O) groups is 2. The second kappa shape index (κ2) is 10.4. The Kier molecular flexibility index (Phi) is 7.14. The molecule has 13 heteroatoms. The van der Waals surface area contributed by atoms with Crippen LogP contribution in [0.2, 0.25) is 0 Å². The van der Waals surface area contributed by atoms with Gasteiger partial charge in [0.05, 0.1) is 22.6 Å². The largest absolute Gasteiger partial charge is 0.467 e. The number of nitrogens with zero attached hydrogens (tertiary/aromatic N) is 1. The number of anilines is 1. The summed E-state index contributed by atoms with van der Waals surface area (Å²) in [5.41, 5.74) is -0.564. The summed E-state index contributed by atoms with van der Waals surface area (Å²) in [5.74, 6) is 1.17. The zero-order valence-electron chi connectivity index (χ0n) is 20.7. The smallest absolute Gasteiger partial charge is 0.321 e. The molecule has 4 aliphatic carbocycles. The van der Waals surface area contributed by atoms with E-state index >= 15 is 0 Å². The monoisotopic (exact) mass is 546 g/mol. The topological polar surface area (TPSA) is 170 Å². The number of carbonyl (C=O) groups excluding carboxylic acids is 2. The van der Waals surface area contributed by atoms with Crippen molar-refractivity contribution in [3.05, 3.63) is 52.5 Å². The first-order valence-electron chi connectivity index (χ1n) is 12.6. The van der Waals surface area contributed by atoms with Crippen molar-refractivity contribution >= 4 is 33.3 Å². The van der Waals surface area contributed by atoms with Crippen LogP contribution in [0.4, 0.5) is 11.4 Å². The summed E-state index contributed by atoms with van der Waals surface area (Å²) in [7, 11) is -4.26. The van der Waals surface area contributed by atoms with E-state index in [1.807, 2.05) is 0 Å². The summed E-state index contributed by atoms with van der Waals surface area (Å²) in [6.45, 7) is -1.05. The average molecular weight is 547 g/mol. The van der Waals surface area contributed by atoms with E-state index in [2.05, 4.69) is 15.4 Å². The molecule has 0 spiro atoms. The van der Waals surface area contributed by atoms with Crippen molar-refractivity contribution in [1.29, 1.82) is 0 Å². The van der Waals surface area contributed by atoms with E-state index in [1.165, 1.54) is 37.7 Å². The minimum atomic E-state index is -4.26. The van der Waals surface area contributed by atoms with Crippen molar-refractivity contribution < 1.29 is 32.1 Å². The Morgan fingerprint density at radius 3 is 2.39 bits per heavy atom. The van der Waals surface area contributed by atoms with Crippen molar-refractivity contribution in [2.75, 3.05) is 18.5 Å². The molecule has 4 bridgehead atoms. The first-order chi connectivity index (χ1) is 18.1. The summed E-state index contributed by atoms with van der Waals surface area (Å²) < 4.78 is 37.6. The third-order valence-electron chi connectivity index (χ3n) is 7.72. The van der Waals surface area contributed by atoms with E-state index in [4.69, 9.17) is 9.15 Å². The second-order valence-corrected chi connectivity index (χ2v) is 12.4. The molecule has 4 fully saturated rings. The highest BCUT2D eigenvalue weighted by Gasteiger charge is 2.51. The van der Waals surface area contributed by atoms with Gasteiger partial charge in [-0.2, -0.15) is 4.72 Å². The molecule has 1 aromatic heterocycles. The lowest BCUT2D eigenvalue weighted by Gasteiger charge is -2.56. The van der Waals surface area contributed by atoms with Gasteiger partial charge in [0, 0.05) is 11.6 Å². The van der Waals surface area contributed by atoms with Gasteiger partial charge in [0.2, 0.25) is 10.0 Å². The fourth-order valence-electron chi connectivity index (χ4n) is 6.60. The molecule has 0 saturated heterocycles. The fourth-order valence-corrected chi connectivity index (χ4v) is 7.59. The molecule has 6 rings (SSSR count). The molecule has 1 aromatic carbocycles. The van der Waals surface area contributed by atoms with Gasteiger partial charge in [-0.05, 0) is 80.5 Å². The zero-order valence-corrected chi connectivity index (χ0v) is 21.5. The van der Waals surface area contributed by atoms with Gasteiger partial charge in [0.1, 0.15) is 18.0 Å². The number of amides is 1. The minimum Gasteiger partial charge on any atom is -0.467 e. The van der Waals surface area contributed by atoms with E-state index in [-0.39, 0.29) is 22.7 Å². The van der Waals surface area contributed by atoms with Gasteiger partial charge in [-0.3, -0.25) is 19.7 Å². The Labute approximate surface area is 219 Å². The van der Waals surface area contributed by atoms with Crippen LogP contribution in [0.3, 0.4) is 0 Å². The minimum absolute atomic E-state index is 0.106. The lowest BCUT2D eigenvalue weighted by Crippen LogP contribution is -2.60. The number of hydrogen-bond acceptors (Lipinski definition) is 9. The highest BCUT2D eigenvalue weighted by Crippen LogP contribution is 2.55. The number of nitro groups is 1. The van der Waals surface area contributed by atoms with Gasteiger partial charge in [0.15, 0.2) is 6.61 Å². The standard InChI is InChI=1S/C25H30N4O8S/c30-23(28-25-10-16-6-17(11-25)8-18(7-16)12-25)15-37-24(31)14-27-38(34,35)20-3-4-21(22(9-20)29(32)33)26-13-19-2-1-5-36-19/h1-5,9,16-18,26-27H,6-8,10-15H2,(H,28,30). The van der Waals surface area contributed by atoms with Crippen molar-refractivity contribution in [3.63, 3.8) is 0 Å². The number of esters is 1. The molecular formula is C25H30N4O8S. The first-order valence-corrected chi connectivity index (χ1v) is 14.1. The van der Waals surface area contributed by atoms with Gasteiger partial charge < -0.3 is 19.8 Å². The molecule has 38 heavy (non-hydrogen) atoms. The number of sulfonamides is 1. The SMILES string of the molecule is O=C(COC(=O)CNS(=O)(=O)c1ccc(NCc2ccco2)c([N+](=O)[O-])c1)NC12CC3CC(CC(C3)C1)C2. The van der Waals surface area contributed by atoms with Crippen LogP contribution in [0.1, 0.15) is 44.3 Å². The summed E-state index contributed by atoms with van der Waals surface area (Å²) >= 11 is 0. The van der Waals surface area contributed by atoms with E-state index in [0.717, 1.165) is 25.3 Å². The van der Waals surface area contributed by atoms with E-state index < -0.39 is 45.7 Å². The molecule has 1 amide bonds. The number of benzene rings is 1. The Morgan fingerprint density at radius 2 is 1.79 bits per heavy atom. The molecule has 0 radical (unpaired) electrons. The quantitative estimate of drug-likeness (QED) is 0.218. The molecule has 0 aliphatic heterocycles. The second-order valence-electron chi connectivity index (χ2n) is 10.6. The van der Waals surface area contributed by atoms with Gasteiger partial charge in [0.25, 0.3) is 11.6 Å². The summed E-state index contributed by atoms with van der Waals surface area (Å²) in [5, 5.41) is 17.4. The zero-order chi connectivity index (χ0) is 26.9. The van der Waals surface area contributed by atoms with Crippen LogP contribution in [-0.4, -0.2) is 43.9 Å². The Balaban J connectivity index is 1.12. The molecule has 0 unspecified atom stereocenters. The molecule has 2 aromatic rings. The van der Waals surface area contributed by atoms with Crippen LogP contribution in [-0.2, 0) is 30.9 Å². The summed E-state index contributed by atoms with van der Waals surface area (Å²) in [6, 6.07) is 6.71. The number of rotatable bonds is 11. The predicted molar refractivity (Wildman–Crippen MR) is 134 cm³/mol. The lowest BCUT2D eigenvalue weighted by atomic mass is 9.53.